The van der Waals surface area contributed by atoms with Crippen LogP contribution in [0.3, 0.4) is 0 Å². The van der Waals surface area contributed by atoms with Crippen LogP contribution in [0.2, 0.25) is 5.02 Å². The Balaban J connectivity index is 1.74. The summed E-state index contributed by atoms with van der Waals surface area (Å²) >= 11 is 6.39. The minimum Gasteiger partial charge on any atom is -0.311 e. The first kappa shape index (κ1) is 21.2. The molecule has 0 radical (unpaired) electrons. The molecule has 9 heteroatoms. The largest absolute Gasteiger partial charge is 0.311 e. The standard InChI is InChI=1S/C18H22ClN5O2S/c19-18-13-15(7-8-17(18)16-5-2-1-3-6-16)14-21-10-11-23-27(25,26)12-4-9-22-24-20/h1-3,5-8,13,21,23H,4,9-12,14H2. The van der Waals surface area contributed by atoms with Crippen molar-refractivity contribution < 1.29 is 8.42 Å². The molecule has 0 saturated carbocycles. The Hall–Kier alpha value is -2.09. The van der Waals surface area contributed by atoms with E-state index < -0.39 is 10.0 Å². The van der Waals surface area contributed by atoms with Crippen LogP contribution in [0.25, 0.3) is 21.6 Å². The monoisotopic (exact) mass is 407 g/mol. The lowest BCUT2D eigenvalue weighted by molar-refractivity contribution is 0.573. The van der Waals surface area contributed by atoms with Crippen molar-refractivity contribution >= 4 is 21.6 Å². The summed E-state index contributed by atoms with van der Waals surface area (Å²) in [5, 5.41) is 7.18. The number of rotatable bonds is 11. The summed E-state index contributed by atoms with van der Waals surface area (Å²) in [5.41, 5.74) is 11.2. The first-order chi connectivity index (χ1) is 13.0. The maximum Gasteiger partial charge on any atom is 0.211 e. The molecule has 0 fully saturated rings. The normalized spacial score (nSPS) is 11.1. The highest BCUT2D eigenvalue weighted by molar-refractivity contribution is 7.89. The molecule has 0 aromatic heterocycles. The van der Waals surface area contributed by atoms with Crippen LogP contribution in [0.4, 0.5) is 0 Å². The Morgan fingerprint density at radius 2 is 1.89 bits per heavy atom. The molecule has 0 saturated heterocycles. The number of azide groups is 1. The van der Waals surface area contributed by atoms with Crippen molar-refractivity contribution in [1.29, 1.82) is 0 Å². The van der Waals surface area contributed by atoms with Gasteiger partial charge in [-0.25, -0.2) is 13.1 Å². The predicted molar refractivity (Wildman–Crippen MR) is 109 cm³/mol. The number of nitrogens with zero attached hydrogens (tertiary/aromatic N) is 3. The summed E-state index contributed by atoms with van der Waals surface area (Å²) in [6, 6.07) is 15.8. The summed E-state index contributed by atoms with van der Waals surface area (Å²) < 4.78 is 26.0. The fourth-order valence-corrected chi connectivity index (χ4v) is 3.87. The van der Waals surface area contributed by atoms with E-state index in [0.717, 1.165) is 16.7 Å². The van der Waals surface area contributed by atoms with Gasteiger partial charge in [-0.15, -0.1) is 0 Å². The van der Waals surface area contributed by atoms with Crippen LogP contribution in [0, 0.1) is 0 Å². The average molecular weight is 408 g/mol. The van der Waals surface area contributed by atoms with Gasteiger partial charge in [0.1, 0.15) is 0 Å². The zero-order valence-corrected chi connectivity index (χ0v) is 16.4. The SMILES string of the molecule is [N-]=[N+]=NCCCS(=O)(=O)NCCNCc1ccc(-c2ccccc2)c(Cl)c1. The van der Waals surface area contributed by atoms with Crippen molar-refractivity contribution in [1.82, 2.24) is 10.0 Å². The van der Waals surface area contributed by atoms with Crippen molar-refractivity contribution in [3.63, 3.8) is 0 Å². The van der Waals surface area contributed by atoms with Crippen molar-refractivity contribution in [2.45, 2.75) is 13.0 Å². The third-order valence-electron chi connectivity index (χ3n) is 3.81. The fourth-order valence-electron chi connectivity index (χ4n) is 2.49. The molecule has 2 rings (SSSR count). The molecule has 2 aromatic rings. The Morgan fingerprint density at radius 3 is 2.59 bits per heavy atom. The number of sulfonamides is 1. The summed E-state index contributed by atoms with van der Waals surface area (Å²) in [6.45, 7) is 1.55. The molecule has 0 aliphatic carbocycles. The van der Waals surface area contributed by atoms with Gasteiger partial charge < -0.3 is 5.32 Å². The van der Waals surface area contributed by atoms with Gasteiger partial charge in [-0.1, -0.05) is 59.2 Å². The molecule has 0 aliphatic rings. The second kappa shape index (κ2) is 10.9. The molecular weight excluding hydrogens is 386 g/mol. The molecule has 27 heavy (non-hydrogen) atoms. The number of hydrogen-bond acceptors (Lipinski definition) is 4. The molecule has 0 aliphatic heterocycles. The Kier molecular flexibility index (Phi) is 8.57. The molecule has 2 aromatic carbocycles. The van der Waals surface area contributed by atoms with E-state index in [2.05, 4.69) is 20.1 Å². The number of benzene rings is 2. The first-order valence-corrected chi connectivity index (χ1v) is 10.6. The fraction of sp³-hybridized carbons (Fsp3) is 0.333. The van der Waals surface area contributed by atoms with E-state index in [9.17, 15) is 8.42 Å². The molecule has 0 spiro atoms. The lowest BCUT2D eigenvalue weighted by Gasteiger charge is -2.10. The topological polar surface area (TPSA) is 107 Å². The molecule has 0 unspecified atom stereocenters. The van der Waals surface area contributed by atoms with E-state index in [1.165, 1.54) is 0 Å². The van der Waals surface area contributed by atoms with Crippen LogP contribution in [0.15, 0.2) is 53.6 Å². The van der Waals surface area contributed by atoms with Gasteiger partial charge in [-0.2, -0.15) is 0 Å². The molecule has 0 heterocycles. The summed E-state index contributed by atoms with van der Waals surface area (Å²) in [7, 11) is -3.34. The van der Waals surface area contributed by atoms with Crippen LogP contribution in [0.5, 0.6) is 0 Å². The lowest BCUT2D eigenvalue weighted by atomic mass is 10.0. The summed E-state index contributed by atoms with van der Waals surface area (Å²) in [4.78, 5) is 2.59. The van der Waals surface area contributed by atoms with Crippen LogP contribution in [-0.2, 0) is 16.6 Å². The van der Waals surface area contributed by atoms with Gasteiger partial charge in [0.25, 0.3) is 0 Å². The van der Waals surface area contributed by atoms with Gasteiger partial charge in [-0.05, 0) is 29.1 Å². The number of nitrogens with one attached hydrogen (secondary N) is 2. The van der Waals surface area contributed by atoms with Gasteiger partial charge in [0.2, 0.25) is 10.0 Å². The first-order valence-electron chi connectivity index (χ1n) is 8.54. The Morgan fingerprint density at radius 1 is 1.11 bits per heavy atom. The second-order valence-corrected chi connectivity index (χ2v) is 8.21. The van der Waals surface area contributed by atoms with E-state index in [-0.39, 0.29) is 12.3 Å². The van der Waals surface area contributed by atoms with E-state index in [1.54, 1.807) is 0 Å². The third kappa shape index (κ3) is 7.58. The highest BCUT2D eigenvalue weighted by atomic mass is 35.5. The quantitative estimate of drug-likeness (QED) is 0.256. The van der Waals surface area contributed by atoms with Crippen molar-refractivity contribution in [2.24, 2.45) is 5.11 Å². The van der Waals surface area contributed by atoms with Gasteiger partial charge in [0.15, 0.2) is 0 Å². The third-order valence-corrected chi connectivity index (χ3v) is 5.59. The molecule has 0 amide bonds. The van der Waals surface area contributed by atoms with Crippen LogP contribution >= 0.6 is 11.6 Å². The number of halogens is 1. The van der Waals surface area contributed by atoms with Gasteiger partial charge >= 0.3 is 0 Å². The zero-order chi connectivity index (χ0) is 19.5. The van der Waals surface area contributed by atoms with Crippen LogP contribution in [0.1, 0.15) is 12.0 Å². The number of hydrogen-bond donors (Lipinski definition) is 2. The Labute approximate surface area is 164 Å². The van der Waals surface area contributed by atoms with E-state index >= 15 is 0 Å². The van der Waals surface area contributed by atoms with E-state index in [1.807, 2.05) is 48.5 Å². The lowest BCUT2D eigenvalue weighted by Crippen LogP contribution is -2.33. The highest BCUT2D eigenvalue weighted by Crippen LogP contribution is 2.28. The van der Waals surface area contributed by atoms with E-state index in [0.29, 0.717) is 31.1 Å². The maximum atomic E-state index is 11.8. The van der Waals surface area contributed by atoms with Gasteiger partial charge in [0.05, 0.1) is 5.75 Å². The minimum absolute atomic E-state index is 0.0530. The minimum atomic E-state index is -3.34. The highest BCUT2D eigenvalue weighted by Gasteiger charge is 2.08. The molecule has 2 N–H and O–H groups in total. The van der Waals surface area contributed by atoms with E-state index in [4.69, 9.17) is 17.1 Å². The molecule has 0 bridgehead atoms. The average Bonchev–Trinajstić information content (AvgIpc) is 2.66. The van der Waals surface area contributed by atoms with Crippen molar-refractivity contribution in [2.75, 3.05) is 25.4 Å². The van der Waals surface area contributed by atoms with Gasteiger partial charge in [0, 0.05) is 41.7 Å². The van der Waals surface area contributed by atoms with Crippen molar-refractivity contribution in [3.05, 3.63) is 69.6 Å². The maximum absolute atomic E-state index is 11.8. The second-order valence-electron chi connectivity index (χ2n) is 5.88. The smallest absolute Gasteiger partial charge is 0.211 e. The Bertz CT molecular complexity index is 884. The zero-order valence-electron chi connectivity index (χ0n) is 14.8. The summed E-state index contributed by atoms with van der Waals surface area (Å²) in [6.07, 6.45) is 0.305. The molecule has 0 atom stereocenters. The van der Waals surface area contributed by atoms with Crippen molar-refractivity contribution in [3.8, 4) is 11.1 Å². The van der Waals surface area contributed by atoms with Crippen LogP contribution < -0.4 is 10.0 Å². The summed E-state index contributed by atoms with van der Waals surface area (Å²) in [5.74, 6) is -0.0530. The van der Waals surface area contributed by atoms with Crippen LogP contribution in [-0.4, -0.2) is 33.8 Å². The predicted octanol–water partition coefficient (Wildman–Crippen LogP) is 3.72. The molecular formula is C18H22ClN5O2S. The molecule has 144 valence electrons. The van der Waals surface area contributed by atoms with Gasteiger partial charge in [-0.3, -0.25) is 0 Å². The molecule has 7 nitrogen and oxygen atoms in total.